The SMILES string of the molecule is C[C@@H]1CN(C(=O)Cc2ccncc2)c2cccc(Cl)c2O1. The number of aromatic nitrogens is 1. The standard InChI is InChI=1S/C16H15ClN2O2/c1-11-10-19(14-4-2-3-13(17)16(14)21-11)15(20)9-12-5-7-18-8-6-12/h2-8,11H,9-10H2,1H3/t11-/m1/s1. The van der Waals surface area contributed by atoms with E-state index in [-0.39, 0.29) is 12.0 Å². The largest absolute Gasteiger partial charge is 0.485 e. The Hall–Kier alpha value is -2.07. The maximum absolute atomic E-state index is 12.6. The molecule has 5 heteroatoms. The third kappa shape index (κ3) is 2.85. The minimum absolute atomic E-state index is 0.0277. The Morgan fingerprint density at radius 1 is 1.38 bits per heavy atom. The minimum atomic E-state index is -0.0845. The molecule has 1 atom stereocenters. The number of benzene rings is 1. The molecule has 4 nitrogen and oxygen atoms in total. The van der Waals surface area contributed by atoms with Crippen LogP contribution in [0.1, 0.15) is 12.5 Å². The van der Waals surface area contributed by atoms with E-state index in [2.05, 4.69) is 4.98 Å². The Morgan fingerprint density at radius 2 is 2.14 bits per heavy atom. The summed E-state index contributed by atoms with van der Waals surface area (Å²) in [5.41, 5.74) is 1.68. The van der Waals surface area contributed by atoms with E-state index in [1.807, 2.05) is 31.2 Å². The van der Waals surface area contributed by atoms with Crippen molar-refractivity contribution in [3.63, 3.8) is 0 Å². The Labute approximate surface area is 128 Å². The van der Waals surface area contributed by atoms with Crippen LogP contribution in [0.5, 0.6) is 5.75 Å². The first kappa shape index (κ1) is 13.9. The van der Waals surface area contributed by atoms with E-state index >= 15 is 0 Å². The molecule has 0 saturated heterocycles. The Kier molecular flexibility index (Phi) is 3.80. The van der Waals surface area contributed by atoms with Gasteiger partial charge in [0.15, 0.2) is 5.75 Å². The molecule has 0 saturated carbocycles. The summed E-state index contributed by atoms with van der Waals surface area (Å²) in [6, 6.07) is 9.15. The highest BCUT2D eigenvalue weighted by molar-refractivity contribution is 6.32. The van der Waals surface area contributed by atoms with E-state index < -0.39 is 0 Å². The molecule has 0 radical (unpaired) electrons. The highest BCUT2D eigenvalue weighted by Crippen LogP contribution is 2.39. The van der Waals surface area contributed by atoms with Crippen molar-refractivity contribution >= 4 is 23.2 Å². The summed E-state index contributed by atoms with van der Waals surface area (Å²) in [5, 5.41) is 0.528. The molecule has 1 aromatic heterocycles. The lowest BCUT2D eigenvalue weighted by molar-refractivity contribution is -0.118. The van der Waals surface area contributed by atoms with Gasteiger partial charge in [0.25, 0.3) is 0 Å². The van der Waals surface area contributed by atoms with Crippen molar-refractivity contribution in [2.75, 3.05) is 11.4 Å². The fraction of sp³-hybridized carbons (Fsp3) is 0.250. The summed E-state index contributed by atoms with van der Waals surface area (Å²) < 4.78 is 5.76. The molecule has 1 aliphatic rings. The van der Waals surface area contributed by atoms with E-state index in [4.69, 9.17) is 16.3 Å². The molecule has 2 aromatic rings. The van der Waals surface area contributed by atoms with E-state index in [9.17, 15) is 4.79 Å². The summed E-state index contributed by atoms with van der Waals surface area (Å²) >= 11 is 6.17. The van der Waals surface area contributed by atoms with Gasteiger partial charge in [-0.05, 0) is 36.8 Å². The Balaban J connectivity index is 1.89. The van der Waals surface area contributed by atoms with E-state index in [1.54, 1.807) is 23.4 Å². The van der Waals surface area contributed by atoms with Gasteiger partial charge in [0, 0.05) is 12.4 Å². The average molecular weight is 303 g/mol. The number of rotatable bonds is 2. The number of pyridine rings is 1. The molecule has 0 bridgehead atoms. The number of para-hydroxylation sites is 1. The zero-order valence-electron chi connectivity index (χ0n) is 11.6. The van der Waals surface area contributed by atoms with Crippen molar-refractivity contribution in [1.82, 2.24) is 4.98 Å². The zero-order chi connectivity index (χ0) is 14.8. The number of hydrogen-bond acceptors (Lipinski definition) is 3. The van der Waals surface area contributed by atoms with Gasteiger partial charge in [0.05, 0.1) is 23.7 Å². The van der Waals surface area contributed by atoms with Gasteiger partial charge >= 0.3 is 0 Å². The predicted octanol–water partition coefficient (Wildman–Crippen LogP) is 3.09. The van der Waals surface area contributed by atoms with Crippen LogP contribution in [0, 0.1) is 0 Å². The van der Waals surface area contributed by atoms with Crippen LogP contribution in [0.3, 0.4) is 0 Å². The van der Waals surface area contributed by atoms with Crippen molar-refractivity contribution < 1.29 is 9.53 Å². The summed E-state index contributed by atoms with van der Waals surface area (Å²) in [4.78, 5) is 18.3. The molecule has 0 N–H and O–H groups in total. The fourth-order valence-electron chi connectivity index (χ4n) is 2.43. The molecule has 0 aliphatic carbocycles. The first-order valence-electron chi connectivity index (χ1n) is 6.79. The second-order valence-electron chi connectivity index (χ2n) is 5.05. The van der Waals surface area contributed by atoms with Crippen LogP contribution in [-0.4, -0.2) is 23.5 Å². The summed E-state index contributed by atoms with van der Waals surface area (Å²) in [7, 11) is 0. The topological polar surface area (TPSA) is 42.4 Å². The van der Waals surface area contributed by atoms with Gasteiger partial charge in [0.1, 0.15) is 6.10 Å². The number of ether oxygens (including phenoxy) is 1. The van der Waals surface area contributed by atoms with Crippen molar-refractivity contribution in [1.29, 1.82) is 0 Å². The maximum Gasteiger partial charge on any atom is 0.231 e. The van der Waals surface area contributed by atoms with Gasteiger partial charge in [-0.3, -0.25) is 9.78 Å². The molecular weight excluding hydrogens is 288 g/mol. The van der Waals surface area contributed by atoms with Gasteiger partial charge in [-0.25, -0.2) is 0 Å². The molecule has 21 heavy (non-hydrogen) atoms. The maximum atomic E-state index is 12.6. The fourth-order valence-corrected chi connectivity index (χ4v) is 2.64. The molecule has 108 valence electrons. The molecule has 1 amide bonds. The van der Waals surface area contributed by atoms with E-state index in [0.29, 0.717) is 23.7 Å². The summed E-state index contributed by atoms with van der Waals surface area (Å²) in [5.74, 6) is 0.612. The predicted molar refractivity (Wildman–Crippen MR) is 81.8 cm³/mol. The molecule has 0 fully saturated rings. The highest BCUT2D eigenvalue weighted by atomic mass is 35.5. The van der Waals surface area contributed by atoms with Crippen molar-refractivity contribution in [2.24, 2.45) is 0 Å². The van der Waals surface area contributed by atoms with Crippen LogP contribution in [-0.2, 0) is 11.2 Å². The first-order chi connectivity index (χ1) is 10.1. The second-order valence-corrected chi connectivity index (χ2v) is 5.46. The number of hydrogen-bond donors (Lipinski definition) is 0. The lowest BCUT2D eigenvalue weighted by Gasteiger charge is -2.34. The smallest absolute Gasteiger partial charge is 0.231 e. The average Bonchev–Trinajstić information content (AvgIpc) is 2.48. The quantitative estimate of drug-likeness (QED) is 0.856. The highest BCUT2D eigenvalue weighted by Gasteiger charge is 2.28. The third-order valence-electron chi connectivity index (χ3n) is 3.40. The van der Waals surface area contributed by atoms with Crippen LogP contribution >= 0.6 is 11.6 Å². The lowest BCUT2D eigenvalue weighted by Crippen LogP contribution is -2.43. The number of carbonyl (C=O) groups excluding carboxylic acids is 1. The molecule has 0 unspecified atom stereocenters. The first-order valence-corrected chi connectivity index (χ1v) is 7.17. The Morgan fingerprint density at radius 3 is 2.90 bits per heavy atom. The third-order valence-corrected chi connectivity index (χ3v) is 3.70. The van der Waals surface area contributed by atoms with Gasteiger partial charge in [-0.1, -0.05) is 17.7 Å². The van der Waals surface area contributed by atoms with Gasteiger partial charge in [0.2, 0.25) is 5.91 Å². The van der Waals surface area contributed by atoms with Crippen LogP contribution in [0.2, 0.25) is 5.02 Å². The zero-order valence-corrected chi connectivity index (χ0v) is 12.4. The number of carbonyl (C=O) groups is 1. The van der Waals surface area contributed by atoms with E-state index in [1.165, 1.54) is 0 Å². The van der Waals surface area contributed by atoms with Crippen molar-refractivity contribution in [2.45, 2.75) is 19.4 Å². The molecule has 2 heterocycles. The molecule has 1 aromatic carbocycles. The molecular formula is C16H15ClN2O2. The van der Waals surface area contributed by atoms with Gasteiger partial charge < -0.3 is 9.64 Å². The molecule has 0 spiro atoms. The van der Waals surface area contributed by atoms with Crippen LogP contribution in [0.15, 0.2) is 42.7 Å². The van der Waals surface area contributed by atoms with E-state index in [0.717, 1.165) is 11.3 Å². The molecule has 3 rings (SSSR count). The summed E-state index contributed by atoms with van der Waals surface area (Å²) in [6.45, 7) is 2.45. The van der Waals surface area contributed by atoms with Gasteiger partial charge in [-0.15, -0.1) is 0 Å². The molecule has 1 aliphatic heterocycles. The lowest BCUT2D eigenvalue weighted by atomic mass is 10.1. The summed E-state index contributed by atoms with van der Waals surface area (Å²) in [6.07, 6.45) is 3.63. The number of nitrogens with zero attached hydrogens (tertiary/aromatic N) is 2. The van der Waals surface area contributed by atoms with Gasteiger partial charge in [-0.2, -0.15) is 0 Å². The minimum Gasteiger partial charge on any atom is -0.485 e. The van der Waals surface area contributed by atoms with Crippen LogP contribution in [0.4, 0.5) is 5.69 Å². The van der Waals surface area contributed by atoms with Crippen molar-refractivity contribution in [3.05, 3.63) is 53.3 Å². The number of amides is 1. The van der Waals surface area contributed by atoms with Crippen LogP contribution in [0.25, 0.3) is 0 Å². The van der Waals surface area contributed by atoms with Crippen LogP contribution < -0.4 is 9.64 Å². The second kappa shape index (κ2) is 5.74. The number of fused-ring (bicyclic) bond motifs is 1. The monoisotopic (exact) mass is 302 g/mol. The van der Waals surface area contributed by atoms with Crippen molar-refractivity contribution in [3.8, 4) is 5.75 Å². The number of halogens is 1. The number of anilines is 1. The Bertz CT molecular complexity index is 661. The normalized spacial score (nSPS) is 17.0.